The van der Waals surface area contributed by atoms with Gasteiger partial charge in [0.1, 0.15) is 5.75 Å². The Bertz CT molecular complexity index is 422. The van der Waals surface area contributed by atoms with Crippen LogP contribution in [0.5, 0.6) is 5.75 Å². The number of benzene rings is 1. The summed E-state index contributed by atoms with van der Waals surface area (Å²) in [5, 5.41) is 3.17. The molecule has 0 heterocycles. The van der Waals surface area contributed by atoms with Gasteiger partial charge in [-0.2, -0.15) is 0 Å². The standard InChI is InChI=1S/C15H24N2O2S/c1-4-17-15(2,14(16)18)10-5-11-20-13-8-6-12(19-3)7-9-13/h6-9,17H,4-5,10-11H2,1-3H3,(H2,16,18). The van der Waals surface area contributed by atoms with E-state index in [1.165, 1.54) is 4.90 Å². The van der Waals surface area contributed by atoms with Gasteiger partial charge in [0.15, 0.2) is 0 Å². The minimum atomic E-state index is -0.602. The molecule has 0 fully saturated rings. The van der Waals surface area contributed by atoms with Gasteiger partial charge in [0.25, 0.3) is 0 Å². The molecule has 0 spiro atoms. The van der Waals surface area contributed by atoms with Crippen molar-refractivity contribution >= 4 is 17.7 Å². The molecule has 0 bridgehead atoms. The Balaban J connectivity index is 2.37. The number of hydrogen-bond acceptors (Lipinski definition) is 4. The zero-order valence-electron chi connectivity index (χ0n) is 12.4. The van der Waals surface area contributed by atoms with Crippen LogP contribution in [0, 0.1) is 0 Å². The number of primary amides is 1. The van der Waals surface area contributed by atoms with E-state index in [1.807, 2.05) is 38.1 Å². The smallest absolute Gasteiger partial charge is 0.237 e. The van der Waals surface area contributed by atoms with Gasteiger partial charge in [-0.25, -0.2) is 0 Å². The summed E-state index contributed by atoms with van der Waals surface area (Å²) in [5.41, 5.74) is 4.86. The molecule has 1 unspecified atom stereocenters. The summed E-state index contributed by atoms with van der Waals surface area (Å²) in [6.07, 6.45) is 1.68. The summed E-state index contributed by atoms with van der Waals surface area (Å²) in [5.74, 6) is 1.54. The van der Waals surface area contributed by atoms with Crippen LogP contribution in [0.15, 0.2) is 29.2 Å². The van der Waals surface area contributed by atoms with E-state index in [4.69, 9.17) is 10.5 Å². The molecule has 0 radical (unpaired) electrons. The van der Waals surface area contributed by atoms with Gasteiger partial charge in [-0.05, 0) is 56.3 Å². The van der Waals surface area contributed by atoms with E-state index in [2.05, 4.69) is 5.32 Å². The Morgan fingerprint density at radius 3 is 2.55 bits per heavy atom. The van der Waals surface area contributed by atoms with E-state index < -0.39 is 5.54 Å². The minimum Gasteiger partial charge on any atom is -0.497 e. The lowest BCUT2D eigenvalue weighted by molar-refractivity contribution is -0.124. The second-order valence-electron chi connectivity index (χ2n) is 4.85. The predicted molar refractivity (Wildman–Crippen MR) is 84.2 cm³/mol. The molecule has 1 atom stereocenters. The number of thioether (sulfide) groups is 1. The molecule has 0 saturated carbocycles. The summed E-state index contributed by atoms with van der Waals surface area (Å²) < 4.78 is 5.12. The number of rotatable bonds is 9. The Morgan fingerprint density at radius 2 is 2.05 bits per heavy atom. The molecule has 0 aliphatic carbocycles. The number of amides is 1. The fourth-order valence-electron chi connectivity index (χ4n) is 1.98. The highest BCUT2D eigenvalue weighted by atomic mass is 32.2. The summed E-state index contributed by atoms with van der Waals surface area (Å²) in [6, 6.07) is 7.99. The molecule has 0 aromatic heterocycles. The molecule has 112 valence electrons. The maximum absolute atomic E-state index is 11.5. The van der Waals surface area contributed by atoms with Gasteiger partial charge in [-0.1, -0.05) is 6.92 Å². The zero-order valence-corrected chi connectivity index (χ0v) is 13.3. The molecule has 4 nitrogen and oxygen atoms in total. The van der Waals surface area contributed by atoms with Crippen molar-refractivity contribution in [3.05, 3.63) is 24.3 Å². The van der Waals surface area contributed by atoms with Crippen LogP contribution in [0.4, 0.5) is 0 Å². The number of carbonyl (C=O) groups excluding carboxylic acids is 1. The van der Waals surface area contributed by atoms with Crippen LogP contribution >= 0.6 is 11.8 Å². The van der Waals surface area contributed by atoms with Crippen LogP contribution in [-0.4, -0.2) is 30.9 Å². The number of nitrogens with two attached hydrogens (primary N) is 1. The van der Waals surface area contributed by atoms with E-state index in [1.54, 1.807) is 18.9 Å². The van der Waals surface area contributed by atoms with Crippen molar-refractivity contribution in [2.45, 2.75) is 37.1 Å². The molecule has 1 aromatic carbocycles. The second-order valence-corrected chi connectivity index (χ2v) is 6.02. The molecule has 3 N–H and O–H groups in total. The maximum Gasteiger partial charge on any atom is 0.237 e. The molecular weight excluding hydrogens is 272 g/mol. The summed E-state index contributed by atoms with van der Waals surface area (Å²) in [4.78, 5) is 12.7. The SMILES string of the molecule is CCNC(C)(CCCSc1ccc(OC)cc1)C(N)=O. The van der Waals surface area contributed by atoms with Crippen molar-refractivity contribution in [1.29, 1.82) is 0 Å². The van der Waals surface area contributed by atoms with Gasteiger partial charge in [0, 0.05) is 4.90 Å². The lowest BCUT2D eigenvalue weighted by Gasteiger charge is -2.26. The lowest BCUT2D eigenvalue weighted by Crippen LogP contribution is -2.53. The van der Waals surface area contributed by atoms with Crippen molar-refractivity contribution in [1.82, 2.24) is 5.32 Å². The van der Waals surface area contributed by atoms with E-state index in [0.29, 0.717) is 0 Å². The molecule has 0 saturated heterocycles. The van der Waals surface area contributed by atoms with E-state index in [-0.39, 0.29) is 5.91 Å². The van der Waals surface area contributed by atoms with Crippen molar-refractivity contribution in [3.63, 3.8) is 0 Å². The molecule has 5 heteroatoms. The summed E-state index contributed by atoms with van der Waals surface area (Å²) in [6.45, 7) is 4.59. The fourth-order valence-corrected chi connectivity index (χ4v) is 2.83. The minimum absolute atomic E-state index is 0.284. The highest BCUT2D eigenvalue weighted by Crippen LogP contribution is 2.23. The van der Waals surface area contributed by atoms with E-state index >= 15 is 0 Å². The van der Waals surface area contributed by atoms with Crippen LogP contribution in [0.3, 0.4) is 0 Å². The van der Waals surface area contributed by atoms with Crippen LogP contribution in [-0.2, 0) is 4.79 Å². The normalized spacial score (nSPS) is 13.8. The number of carbonyl (C=O) groups is 1. The monoisotopic (exact) mass is 296 g/mol. The molecule has 1 rings (SSSR count). The maximum atomic E-state index is 11.5. The van der Waals surface area contributed by atoms with Crippen molar-refractivity contribution < 1.29 is 9.53 Å². The average molecular weight is 296 g/mol. The van der Waals surface area contributed by atoms with Crippen LogP contribution in [0.1, 0.15) is 26.7 Å². The number of methoxy groups -OCH3 is 1. The first-order chi connectivity index (χ1) is 9.51. The van der Waals surface area contributed by atoms with Gasteiger partial charge in [-0.3, -0.25) is 4.79 Å². The van der Waals surface area contributed by atoms with Crippen LogP contribution < -0.4 is 15.8 Å². The number of ether oxygens (including phenoxy) is 1. The Kier molecular flexibility index (Phi) is 6.88. The van der Waals surface area contributed by atoms with Crippen molar-refractivity contribution in [3.8, 4) is 5.75 Å². The predicted octanol–water partition coefficient (Wildman–Crippen LogP) is 2.42. The van der Waals surface area contributed by atoms with Gasteiger partial charge >= 0.3 is 0 Å². The number of likely N-dealkylation sites (N-methyl/N-ethyl adjacent to an activating group) is 1. The fraction of sp³-hybridized carbons (Fsp3) is 0.533. The zero-order chi connectivity index (χ0) is 15.0. The van der Waals surface area contributed by atoms with Crippen molar-refractivity contribution in [2.24, 2.45) is 5.73 Å². The molecule has 0 aliphatic heterocycles. The molecule has 1 amide bonds. The molecule has 20 heavy (non-hydrogen) atoms. The van der Waals surface area contributed by atoms with Gasteiger partial charge in [-0.15, -0.1) is 11.8 Å². The first-order valence-corrected chi connectivity index (χ1v) is 7.82. The molecule has 0 aliphatic rings. The first kappa shape index (κ1) is 16.9. The number of nitrogens with one attached hydrogen (secondary N) is 1. The Morgan fingerprint density at radius 1 is 1.40 bits per heavy atom. The van der Waals surface area contributed by atoms with Crippen LogP contribution in [0.25, 0.3) is 0 Å². The van der Waals surface area contributed by atoms with Gasteiger partial charge in [0.2, 0.25) is 5.91 Å². The Hall–Kier alpha value is -1.20. The molecule has 1 aromatic rings. The Labute approximate surface area is 125 Å². The highest BCUT2D eigenvalue weighted by Gasteiger charge is 2.28. The third kappa shape index (κ3) is 5.06. The van der Waals surface area contributed by atoms with E-state index in [9.17, 15) is 4.79 Å². The third-order valence-electron chi connectivity index (χ3n) is 3.26. The van der Waals surface area contributed by atoms with Gasteiger partial charge < -0.3 is 15.8 Å². The molecular formula is C15H24N2O2S. The van der Waals surface area contributed by atoms with E-state index in [0.717, 1.165) is 30.9 Å². The quantitative estimate of drug-likeness (QED) is 0.542. The summed E-state index contributed by atoms with van der Waals surface area (Å²) in [7, 11) is 1.66. The van der Waals surface area contributed by atoms with Gasteiger partial charge in [0.05, 0.1) is 12.6 Å². The number of hydrogen-bond donors (Lipinski definition) is 2. The average Bonchev–Trinajstić information content (AvgIpc) is 2.44. The third-order valence-corrected chi connectivity index (χ3v) is 4.36. The van der Waals surface area contributed by atoms with Crippen molar-refractivity contribution in [2.75, 3.05) is 19.4 Å². The summed E-state index contributed by atoms with van der Waals surface area (Å²) >= 11 is 1.77. The highest BCUT2D eigenvalue weighted by molar-refractivity contribution is 7.99. The lowest BCUT2D eigenvalue weighted by atomic mass is 9.95. The first-order valence-electron chi connectivity index (χ1n) is 6.83. The van der Waals surface area contributed by atoms with Crippen LogP contribution in [0.2, 0.25) is 0 Å². The second kappa shape index (κ2) is 8.17. The largest absolute Gasteiger partial charge is 0.497 e. The topological polar surface area (TPSA) is 64.3 Å².